The molecular weight excluding hydrogens is 144 g/mol. The third-order valence-electron chi connectivity index (χ3n) is 3.11. The summed E-state index contributed by atoms with van der Waals surface area (Å²) < 4.78 is 5.09. The van der Waals surface area contributed by atoms with Crippen LogP contribution in [0.4, 0.5) is 0 Å². The maximum absolute atomic E-state index is 11.3. The minimum absolute atomic E-state index is 0.0532. The smallest absolute Gasteiger partial charge is 0.178 e. The van der Waals surface area contributed by atoms with Crippen molar-refractivity contribution in [1.82, 2.24) is 0 Å². The Morgan fingerprint density at radius 2 is 2.27 bits per heavy atom. The first-order chi connectivity index (χ1) is 5.08. The number of hydrogen-bond donors (Lipinski definition) is 1. The van der Waals surface area contributed by atoms with Crippen LogP contribution < -0.4 is 0 Å². The van der Waals surface area contributed by atoms with Gasteiger partial charge >= 0.3 is 0 Å². The van der Waals surface area contributed by atoms with Gasteiger partial charge in [-0.05, 0) is 19.8 Å². The molecule has 3 heteroatoms. The molecule has 11 heavy (non-hydrogen) atoms. The fraction of sp³-hybridized carbons (Fsp3) is 0.875. The molecule has 2 aliphatic rings. The van der Waals surface area contributed by atoms with Crippen molar-refractivity contribution in [3.63, 3.8) is 0 Å². The Balaban J connectivity index is 2.41. The van der Waals surface area contributed by atoms with Gasteiger partial charge in [-0.2, -0.15) is 0 Å². The lowest BCUT2D eigenvalue weighted by atomic mass is 9.82. The molecule has 3 nitrogen and oxygen atoms in total. The molecule has 0 aromatic heterocycles. The minimum Gasteiger partial charge on any atom is -0.365 e. The molecule has 0 radical (unpaired) electrons. The summed E-state index contributed by atoms with van der Waals surface area (Å²) in [6.07, 6.45) is 2.26. The zero-order chi connectivity index (χ0) is 8.11. The molecule has 0 aromatic carbocycles. The second-order valence-corrected chi connectivity index (χ2v) is 3.68. The molecule has 2 unspecified atom stereocenters. The first-order valence-electron chi connectivity index (χ1n) is 3.98. The zero-order valence-corrected chi connectivity index (χ0v) is 6.59. The van der Waals surface area contributed by atoms with Crippen LogP contribution in [0, 0.1) is 5.41 Å². The van der Waals surface area contributed by atoms with Crippen LogP contribution in [0.2, 0.25) is 0 Å². The molecular formula is C8H12O3. The lowest BCUT2D eigenvalue weighted by Gasteiger charge is -2.28. The molecule has 0 amide bonds. The van der Waals surface area contributed by atoms with Crippen molar-refractivity contribution in [2.75, 3.05) is 6.61 Å². The van der Waals surface area contributed by atoms with E-state index in [1.54, 1.807) is 6.92 Å². The Kier molecular flexibility index (Phi) is 1.22. The molecule has 0 bridgehead atoms. The third-order valence-corrected chi connectivity index (χ3v) is 3.11. The summed E-state index contributed by atoms with van der Waals surface area (Å²) in [6.45, 7) is 1.89. The highest BCUT2D eigenvalue weighted by molar-refractivity contribution is 5.88. The normalized spacial score (nSPS) is 49.8. The molecule has 62 valence electrons. The summed E-state index contributed by atoms with van der Waals surface area (Å²) in [7, 11) is 0. The van der Waals surface area contributed by atoms with Gasteiger partial charge in [-0.3, -0.25) is 4.79 Å². The Labute approximate surface area is 65.4 Å². The van der Waals surface area contributed by atoms with Gasteiger partial charge in [0.15, 0.2) is 11.6 Å². The van der Waals surface area contributed by atoms with E-state index < -0.39 is 11.2 Å². The monoisotopic (exact) mass is 156 g/mol. The number of ether oxygens (including phenoxy) is 1. The highest BCUT2D eigenvalue weighted by atomic mass is 16.6. The second kappa shape index (κ2) is 1.84. The van der Waals surface area contributed by atoms with Gasteiger partial charge in [0.25, 0.3) is 0 Å². The van der Waals surface area contributed by atoms with E-state index in [9.17, 15) is 9.90 Å². The second-order valence-electron chi connectivity index (χ2n) is 3.68. The van der Waals surface area contributed by atoms with Gasteiger partial charge < -0.3 is 9.84 Å². The summed E-state index contributed by atoms with van der Waals surface area (Å²) in [5, 5.41) is 9.82. The van der Waals surface area contributed by atoms with E-state index in [-0.39, 0.29) is 12.4 Å². The van der Waals surface area contributed by atoms with E-state index in [2.05, 4.69) is 0 Å². The molecule has 2 atom stereocenters. The molecule has 2 fully saturated rings. The van der Waals surface area contributed by atoms with Crippen LogP contribution >= 0.6 is 0 Å². The SMILES string of the molecule is CC12CCCC1(O)OCC2=O. The van der Waals surface area contributed by atoms with Crippen LogP contribution in [-0.4, -0.2) is 23.3 Å². The fourth-order valence-electron chi connectivity index (χ4n) is 2.09. The highest BCUT2D eigenvalue weighted by Crippen LogP contribution is 2.51. The molecule has 0 aromatic rings. The number of rotatable bonds is 0. The van der Waals surface area contributed by atoms with Gasteiger partial charge in [0.05, 0.1) is 5.41 Å². The standard InChI is InChI=1S/C8H12O3/c1-7-3-2-4-8(7,10)11-5-6(7)9/h10H,2-5H2,1H3. The van der Waals surface area contributed by atoms with Crippen LogP contribution in [-0.2, 0) is 9.53 Å². The molecule has 1 heterocycles. The Hall–Kier alpha value is -0.410. The van der Waals surface area contributed by atoms with Crippen LogP contribution in [0.3, 0.4) is 0 Å². The number of aliphatic hydroxyl groups is 1. The first kappa shape index (κ1) is 7.25. The van der Waals surface area contributed by atoms with Crippen molar-refractivity contribution >= 4 is 5.78 Å². The van der Waals surface area contributed by atoms with E-state index >= 15 is 0 Å². The van der Waals surface area contributed by atoms with Crippen LogP contribution in [0.5, 0.6) is 0 Å². The molecule has 1 saturated carbocycles. The van der Waals surface area contributed by atoms with Gasteiger partial charge in [0.2, 0.25) is 0 Å². The van der Waals surface area contributed by atoms with Crippen LogP contribution in [0.15, 0.2) is 0 Å². The molecule has 1 N–H and O–H groups in total. The number of Topliss-reactive ketones (excluding diaryl/α,β-unsaturated/α-hetero) is 1. The van der Waals surface area contributed by atoms with E-state index in [1.807, 2.05) is 0 Å². The van der Waals surface area contributed by atoms with Crippen molar-refractivity contribution in [3.8, 4) is 0 Å². The number of carbonyl (C=O) groups excluding carboxylic acids is 1. The molecule has 1 aliphatic heterocycles. The maximum atomic E-state index is 11.3. The quantitative estimate of drug-likeness (QED) is 0.554. The Morgan fingerprint density at radius 3 is 2.91 bits per heavy atom. The predicted octanol–water partition coefficient (Wildman–Crippen LogP) is 0.464. The lowest BCUT2D eigenvalue weighted by Crippen LogP contribution is -2.41. The highest BCUT2D eigenvalue weighted by Gasteiger charge is 2.60. The van der Waals surface area contributed by atoms with Crippen molar-refractivity contribution in [2.24, 2.45) is 5.41 Å². The summed E-state index contributed by atoms with van der Waals surface area (Å²) in [5.74, 6) is -1.08. The van der Waals surface area contributed by atoms with E-state index in [0.29, 0.717) is 6.42 Å². The molecule has 2 rings (SSSR count). The van der Waals surface area contributed by atoms with Gasteiger partial charge in [-0.25, -0.2) is 0 Å². The number of carbonyl (C=O) groups is 1. The van der Waals surface area contributed by atoms with Crippen molar-refractivity contribution < 1.29 is 14.6 Å². The minimum atomic E-state index is -1.13. The van der Waals surface area contributed by atoms with Gasteiger partial charge in [0.1, 0.15) is 6.61 Å². The molecule has 1 aliphatic carbocycles. The zero-order valence-electron chi connectivity index (χ0n) is 6.59. The lowest BCUT2D eigenvalue weighted by molar-refractivity contribution is -0.207. The molecule has 0 spiro atoms. The van der Waals surface area contributed by atoms with Gasteiger partial charge in [-0.15, -0.1) is 0 Å². The predicted molar refractivity (Wildman–Crippen MR) is 37.9 cm³/mol. The van der Waals surface area contributed by atoms with Gasteiger partial charge in [-0.1, -0.05) is 0 Å². The number of ketones is 1. The fourth-order valence-corrected chi connectivity index (χ4v) is 2.09. The average molecular weight is 156 g/mol. The first-order valence-corrected chi connectivity index (χ1v) is 3.98. The summed E-state index contributed by atoms with van der Waals surface area (Å²) in [4.78, 5) is 11.3. The van der Waals surface area contributed by atoms with Crippen molar-refractivity contribution in [2.45, 2.75) is 32.0 Å². The third kappa shape index (κ3) is 0.676. The van der Waals surface area contributed by atoms with Crippen molar-refractivity contribution in [3.05, 3.63) is 0 Å². The maximum Gasteiger partial charge on any atom is 0.178 e. The summed E-state index contributed by atoms with van der Waals surface area (Å²) in [5.41, 5.74) is -0.604. The summed E-state index contributed by atoms with van der Waals surface area (Å²) >= 11 is 0. The number of hydrogen-bond acceptors (Lipinski definition) is 3. The van der Waals surface area contributed by atoms with Crippen LogP contribution in [0.1, 0.15) is 26.2 Å². The van der Waals surface area contributed by atoms with Crippen molar-refractivity contribution in [1.29, 1.82) is 0 Å². The van der Waals surface area contributed by atoms with Crippen LogP contribution in [0.25, 0.3) is 0 Å². The van der Waals surface area contributed by atoms with E-state index in [4.69, 9.17) is 4.74 Å². The van der Waals surface area contributed by atoms with E-state index in [1.165, 1.54) is 0 Å². The van der Waals surface area contributed by atoms with Gasteiger partial charge in [0, 0.05) is 6.42 Å². The summed E-state index contributed by atoms with van der Waals surface area (Å²) in [6, 6.07) is 0. The largest absolute Gasteiger partial charge is 0.365 e. The Bertz CT molecular complexity index is 213. The van der Waals surface area contributed by atoms with E-state index in [0.717, 1.165) is 12.8 Å². The molecule has 1 saturated heterocycles. The average Bonchev–Trinajstić information content (AvgIpc) is 2.34. The topological polar surface area (TPSA) is 46.5 Å². The Morgan fingerprint density at radius 1 is 1.55 bits per heavy atom. The number of fused-ring (bicyclic) bond motifs is 1.